The summed E-state index contributed by atoms with van der Waals surface area (Å²) in [4.78, 5) is 22.6. The number of carbonyl (C=O) groups excluding carboxylic acids is 2. The van der Waals surface area contributed by atoms with Crippen LogP contribution in [-0.2, 0) is 23.8 Å². The molecule has 1 aliphatic rings. The largest absolute Gasteiger partial charge is 0.466 e. The van der Waals surface area contributed by atoms with Crippen molar-refractivity contribution in [2.45, 2.75) is 38.7 Å². The maximum atomic E-state index is 11.4. The SMILES string of the molecule is COC(C)(C)CCOC(=O)CC1CCOC1=O. The van der Waals surface area contributed by atoms with Crippen LogP contribution in [0, 0.1) is 5.92 Å². The van der Waals surface area contributed by atoms with Crippen LogP contribution in [0.5, 0.6) is 0 Å². The summed E-state index contributed by atoms with van der Waals surface area (Å²) in [5.41, 5.74) is -0.299. The van der Waals surface area contributed by atoms with Gasteiger partial charge in [-0.05, 0) is 20.3 Å². The maximum absolute atomic E-state index is 11.4. The van der Waals surface area contributed by atoms with E-state index in [9.17, 15) is 9.59 Å². The summed E-state index contributed by atoms with van der Waals surface area (Å²) in [6.45, 7) is 4.57. The van der Waals surface area contributed by atoms with Crippen LogP contribution in [-0.4, -0.2) is 37.9 Å². The zero-order chi connectivity index (χ0) is 12.9. The summed E-state index contributed by atoms with van der Waals surface area (Å²) in [5.74, 6) is -0.960. The van der Waals surface area contributed by atoms with Gasteiger partial charge in [-0.15, -0.1) is 0 Å². The third kappa shape index (κ3) is 4.73. The van der Waals surface area contributed by atoms with E-state index in [0.29, 0.717) is 26.1 Å². The van der Waals surface area contributed by atoms with Crippen LogP contribution in [0.1, 0.15) is 33.1 Å². The molecule has 0 spiro atoms. The van der Waals surface area contributed by atoms with Gasteiger partial charge >= 0.3 is 11.9 Å². The Morgan fingerprint density at radius 1 is 1.53 bits per heavy atom. The Labute approximate surface area is 101 Å². The second-order valence-electron chi connectivity index (χ2n) is 4.79. The fourth-order valence-corrected chi connectivity index (χ4v) is 1.50. The quantitative estimate of drug-likeness (QED) is 0.659. The fraction of sp³-hybridized carbons (Fsp3) is 0.833. The summed E-state index contributed by atoms with van der Waals surface area (Å²) >= 11 is 0. The first-order valence-electron chi connectivity index (χ1n) is 5.82. The molecular formula is C12H20O5. The van der Waals surface area contributed by atoms with Crippen molar-refractivity contribution < 1.29 is 23.8 Å². The molecule has 1 heterocycles. The van der Waals surface area contributed by atoms with Gasteiger partial charge in [0.2, 0.25) is 0 Å². The lowest BCUT2D eigenvalue weighted by molar-refractivity contribution is -0.151. The standard InChI is InChI=1S/C12H20O5/c1-12(2,15-3)5-7-16-10(13)8-9-4-6-17-11(9)14/h9H,4-8H2,1-3H3. The second-order valence-corrected chi connectivity index (χ2v) is 4.79. The van der Waals surface area contributed by atoms with Gasteiger partial charge in [0.05, 0.1) is 31.2 Å². The number of hydrogen-bond acceptors (Lipinski definition) is 5. The zero-order valence-electron chi connectivity index (χ0n) is 10.7. The summed E-state index contributed by atoms with van der Waals surface area (Å²) in [6.07, 6.45) is 1.36. The molecule has 0 radical (unpaired) electrons. The predicted molar refractivity (Wildman–Crippen MR) is 60.3 cm³/mol. The van der Waals surface area contributed by atoms with Gasteiger partial charge < -0.3 is 14.2 Å². The van der Waals surface area contributed by atoms with Gasteiger partial charge in [0.15, 0.2) is 0 Å². The summed E-state index contributed by atoms with van der Waals surface area (Å²) in [7, 11) is 1.62. The Kier molecular flexibility index (Phi) is 4.93. The molecular weight excluding hydrogens is 224 g/mol. The Morgan fingerprint density at radius 2 is 2.24 bits per heavy atom. The summed E-state index contributed by atoms with van der Waals surface area (Å²) in [5, 5.41) is 0. The van der Waals surface area contributed by atoms with Crippen molar-refractivity contribution in [3.8, 4) is 0 Å². The van der Waals surface area contributed by atoms with Crippen LogP contribution in [0.15, 0.2) is 0 Å². The average Bonchev–Trinajstić information content (AvgIpc) is 2.64. The molecule has 0 saturated carbocycles. The number of ether oxygens (including phenoxy) is 3. The molecule has 0 N–H and O–H groups in total. The van der Waals surface area contributed by atoms with Gasteiger partial charge in [-0.25, -0.2) is 0 Å². The molecule has 0 amide bonds. The molecule has 0 aromatic rings. The van der Waals surface area contributed by atoms with E-state index in [-0.39, 0.29) is 29.9 Å². The monoisotopic (exact) mass is 244 g/mol. The highest BCUT2D eigenvalue weighted by Gasteiger charge is 2.29. The van der Waals surface area contributed by atoms with Crippen molar-refractivity contribution in [2.75, 3.05) is 20.3 Å². The highest BCUT2D eigenvalue weighted by atomic mass is 16.5. The van der Waals surface area contributed by atoms with Crippen molar-refractivity contribution in [2.24, 2.45) is 5.92 Å². The van der Waals surface area contributed by atoms with Crippen LogP contribution < -0.4 is 0 Å². The van der Waals surface area contributed by atoms with Crippen LogP contribution in [0.25, 0.3) is 0 Å². The first-order valence-corrected chi connectivity index (χ1v) is 5.82. The third-order valence-electron chi connectivity index (χ3n) is 2.98. The molecule has 0 bridgehead atoms. The molecule has 0 aromatic carbocycles. The molecule has 0 aromatic heterocycles. The molecule has 5 heteroatoms. The molecule has 1 fully saturated rings. The van der Waals surface area contributed by atoms with Crippen molar-refractivity contribution >= 4 is 11.9 Å². The number of methoxy groups -OCH3 is 1. The molecule has 17 heavy (non-hydrogen) atoms. The Bertz CT molecular complexity index is 285. The smallest absolute Gasteiger partial charge is 0.309 e. The van der Waals surface area contributed by atoms with Gasteiger partial charge in [-0.3, -0.25) is 9.59 Å². The molecule has 1 atom stereocenters. The molecule has 1 rings (SSSR count). The number of carbonyl (C=O) groups is 2. The first-order chi connectivity index (χ1) is 7.94. The van der Waals surface area contributed by atoms with E-state index in [1.165, 1.54) is 0 Å². The van der Waals surface area contributed by atoms with Gasteiger partial charge in [0.1, 0.15) is 0 Å². The van der Waals surface area contributed by atoms with Gasteiger partial charge in [0.25, 0.3) is 0 Å². The summed E-state index contributed by atoms with van der Waals surface area (Å²) < 4.78 is 15.0. The minimum absolute atomic E-state index is 0.117. The fourth-order valence-electron chi connectivity index (χ4n) is 1.50. The lowest BCUT2D eigenvalue weighted by atomic mass is 10.0. The zero-order valence-corrected chi connectivity index (χ0v) is 10.7. The van der Waals surface area contributed by atoms with Crippen molar-refractivity contribution in [1.29, 1.82) is 0 Å². The average molecular weight is 244 g/mol. The van der Waals surface area contributed by atoms with Crippen molar-refractivity contribution in [1.82, 2.24) is 0 Å². The van der Waals surface area contributed by atoms with Crippen molar-refractivity contribution in [3.05, 3.63) is 0 Å². The van der Waals surface area contributed by atoms with E-state index in [4.69, 9.17) is 14.2 Å². The Balaban J connectivity index is 2.19. The number of hydrogen-bond donors (Lipinski definition) is 0. The highest BCUT2D eigenvalue weighted by molar-refractivity contribution is 5.80. The summed E-state index contributed by atoms with van der Waals surface area (Å²) in [6, 6.07) is 0. The lowest BCUT2D eigenvalue weighted by Crippen LogP contribution is -2.25. The lowest BCUT2D eigenvalue weighted by Gasteiger charge is -2.22. The predicted octanol–water partition coefficient (Wildman–Crippen LogP) is 1.30. The van der Waals surface area contributed by atoms with Crippen LogP contribution in [0.2, 0.25) is 0 Å². The first kappa shape index (κ1) is 14.0. The minimum Gasteiger partial charge on any atom is -0.466 e. The number of esters is 2. The molecule has 1 unspecified atom stereocenters. The maximum Gasteiger partial charge on any atom is 0.309 e. The number of cyclic esters (lactones) is 1. The molecule has 98 valence electrons. The molecule has 1 saturated heterocycles. The Morgan fingerprint density at radius 3 is 2.76 bits per heavy atom. The Hall–Kier alpha value is -1.10. The minimum atomic E-state index is -0.347. The molecule has 0 aliphatic carbocycles. The van der Waals surface area contributed by atoms with Gasteiger partial charge in [-0.1, -0.05) is 0 Å². The van der Waals surface area contributed by atoms with E-state index in [0.717, 1.165) is 0 Å². The van der Waals surface area contributed by atoms with Crippen LogP contribution >= 0.6 is 0 Å². The van der Waals surface area contributed by atoms with E-state index in [1.807, 2.05) is 13.8 Å². The van der Waals surface area contributed by atoms with Crippen LogP contribution in [0.4, 0.5) is 0 Å². The van der Waals surface area contributed by atoms with E-state index >= 15 is 0 Å². The van der Waals surface area contributed by atoms with E-state index in [2.05, 4.69) is 0 Å². The van der Waals surface area contributed by atoms with Crippen LogP contribution in [0.3, 0.4) is 0 Å². The molecule has 1 aliphatic heterocycles. The van der Waals surface area contributed by atoms with Crippen molar-refractivity contribution in [3.63, 3.8) is 0 Å². The van der Waals surface area contributed by atoms with Gasteiger partial charge in [-0.2, -0.15) is 0 Å². The van der Waals surface area contributed by atoms with Gasteiger partial charge in [0, 0.05) is 13.5 Å². The second kappa shape index (κ2) is 6.00. The van der Waals surface area contributed by atoms with E-state index in [1.54, 1.807) is 7.11 Å². The highest BCUT2D eigenvalue weighted by Crippen LogP contribution is 2.19. The van der Waals surface area contributed by atoms with E-state index < -0.39 is 0 Å². The normalized spacial score (nSPS) is 20.2. The number of rotatable bonds is 6. The molecule has 5 nitrogen and oxygen atoms in total. The third-order valence-corrected chi connectivity index (χ3v) is 2.98. The topological polar surface area (TPSA) is 61.8 Å².